The van der Waals surface area contributed by atoms with Gasteiger partial charge in [-0.1, -0.05) is 6.07 Å². The molecular weight excluding hydrogens is 518 g/mol. The Labute approximate surface area is 243 Å². The molecule has 2 N–H and O–H groups in total. The molecule has 1 amide bonds. The van der Waals surface area contributed by atoms with Crippen LogP contribution in [0.3, 0.4) is 0 Å². The third kappa shape index (κ3) is 6.06. The number of aromatic nitrogens is 2. The minimum absolute atomic E-state index is 0.0367. The number of ether oxygens (including phenoxy) is 2. The number of hydrogen-bond donors (Lipinski definition) is 2. The molecule has 0 unspecified atom stereocenters. The summed E-state index contributed by atoms with van der Waals surface area (Å²) < 4.78 is 13.7. The van der Waals surface area contributed by atoms with E-state index in [2.05, 4.69) is 26.3 Å². The van der Waals surface area contributed by atoms with Gasteiger partial charge in [0.05, 0.1) is 32.1 Å². The van der Waals surface area contributed by atoms with Crippen LogP contribution in [0.5, 0.6) is 11.5 Å². The van der Waals surface area contributed by atoms with Crippen molar-refractivity contribution in [1.29, 1.82) is 0 Å². The van der Waals surface area contributed by atoms with Crippen molar-refractivity contribution in [3.8, 4) is 22.6 Å². The van der Waals surface area contributed by atoms with E-state index in [0.717, 1.165) is 60.4 Å². The monoisotopic (exact) mass is 561 g/mol. The van der Waals surface area contributed by atoms with E-state index in [1.54, 1.807) is 18.0 Å². The summed E-state index contributed by atoms with van der Waals surface area (Å²) in [7, 11) is 3.51. The minimum Gasteiger partial charge on any atom is -0.493 e. The van der Waals surface area contributed by atoms with Crippen LogP contribution in [0.4, 0.5) is 5.69 Å². The van der Waals surface area contributed by atoms with Crippen LogP contribution in [0.15, 0.2) is 42.7 Å². The Morgan fingerprint density at radius 3 is 2.49 bits per heavy atom. The molecule has 2 aliphatic heterocycles. The second-order valence-corrected chi connectivity index (χ2v) is 11.6. The summed E-state index contributed by atoms with van der Waals surface area (Å²) in [5, 5.41) is 17.1. The average Bonchev–Trinajstić information content (AvgIpc) is 3.46. The van der Waals surface area contributed by atoms with Gasteiger partial charge in [-0.2, -0.15) is 5.10 Å². The fourth-order valence-corrected chi connectivity index (χ4v) is 6.25. The van der Waals surface area contributed by atoms with Crippen LogP contribution >= 0.6 is 0 Å². The first-order chi connectivity index (χ1) is 19.7. The number of rotatable bonds is 10. The molecule has 3 atom stereocenters. The van der Waals surface area contributed by atoms with Crippen molar-refractivity contribution in [2.75, 3.05) is 38.3 Å². The number of nitrogens with one attached hydrogen (secondary N) is 1. The van der Waals surface area contributed by atoms with Crippen LogP contribution in [0.2, 0.25) is 0 Å². The van der Waals surface area contributed by atoms with E-state index in [1.807, 2.05) is 65.2 Å². The first-order valence-electron chi connectivity index (χ1n) is 14.6. The molecule has 2 saturated heterocycles. The Hall–Kier alpha value is -3.56. The van der Waals surface area contributed by atoms with E-state index in [4.69, 9.17) is 9.47 Å². The Morgan fingerprint density at radius 1 is 1.15 bits per heavy atom. The van der Waals surface area contributed by atoms with Gasteiger partial charge >= 0.3 is 0 Å². The second kappa shape index (κ2) is 12.1. The van der Waals surface area contributed by atoms with Crippen LogP contribution in [0.25, 0.3) is 11.1 Å². The standard InChI is InChI=1S/C32H43N5O4/c1-20(2)41-31-29(24-16-33-35(5)17-24)13-23(14-30(31)40-6)22(4)34-32(39)28-15-25(8-7-21(28)3)36-18-26-9-10-27(19-36)37(26)11-12-38/h7-8,13-17,20,22,26-27,38H,9-12,18-19H2,1-6H3,(H,34,39)/t22-,26-,27+/m1/s1. The van der Waals surface area contributed by atoms with Gasteiger partial charge in [-0.3, -0.25) is 14.4 Å². The summed E-state index contributed by atoms with van der Waals surface area (Å²) in [4.78, 5) is 18.5. The number of carbonyl (C=O) groups excluding carboxylic acids is 1. The number of amides is 1. The van der Waals surface area contributed by atoms with E-state index in [-0.39, 0.29) is 24.7 Å². The topological polar surface area (TPSA) is 92.1 Å². The number of aliphatic hydroxyl groups excluding tert-OH is 1. The van der Waals surface area contributed by atoms with Crippen molar-refractivity contribution in [1.82, 2.24) is 20.0 Å². The van der Waals surface area contributed by atoms with Gasteiger partial charge in [-0.25, -0.2) is 0 Å². The number of carbonyl (C=O) groups is 1. The molecule has 41 heavy (non-hydrogen) atoms. The zero-order valence-corrected chi connectivity index (χ0v) is 25.1. The lowest BCUT2D eigenvalue weighted by Crippen LogP contribution is -2.54. The normalized spacial score (nSPS) is 19.5. The number of aryl methyl sites for hydroxylation is 2. The molecule has 0 spiro atoms. The first kappa shape index (κ1) is 29.0. The Bertz CT molecular complexity index is 1370. The summed E-state index contributed by atoms with van der Waals surface area (Å²) in [5.41, 5.74) is 5.39. The molecule has 9 heteroatoms. The highest BCUT2D eigenvalue weighted by Crippen LogP contribution is 2.41. The number of methoxy groups -OCH3 is 1. The van der Waals surface area contributed by atoms with Gasteiger partial charge in [0, 0.05) is 67.3 Å². The van der Waals surface area contributed by atoms with Gasteiger partial charge in [-0.15, -0.1) is 0 Å². The Balaban J connectivity index is 1.38. The third-order valence-electron chi connectivity index (χ3n) is 8.34. The van der Waals surface area contributed by atoms with Gasteiger partial charge in [0.25, 0.3) is 5.91 Å². The number of fused-ring (bicyclic) bond motifs is 2. The predicted molar refractivity (Wildman–Crippen MR) is 161 cm³/mol. The van der Waals surface area contributed by atoms with Crippen molar-refractivity contribution < 1.29 is 19.4 Å². The van der Waals surface area contributed by atoms with Crippen LogP contribution in [0, 0.1) is 6.92 Å². The van der Waals surface area contributed by atoms with Crippen LogP contribution < -0.4 is 19.7 Å². The van der Waals surface area contributed by atoms with E-state index >= 15 is 0 Å². The fraction of sp³-hybridized carbons (Fsp3) is 0.500. The lowest BCUT2D eigenvalue weighted by atomic mass is 9.99. The zero-order chi connectivity index (χ0) is 29.3. The van der Waals surface area contributed by atoms with Crippen molar-refractivity contribution >= 4 is 11.6 Å². The van der Waals surface area contributed by atoms with Gasteiger partial charge in [0.1, 0.15) is 0 Å². The van der Waals surface area contributed by atoms with Crippen LogP contribution in [0.1, 0.15) is 61.1 Å². The summed E-state index contributed by atoms with van der Waals surface area (Å²) >= 11 is 0. The molecule has 9 nitrogen and oxygen atoms in total. The molecule has 2 aliphatic rings. The molecular formula is C32H43N5O4. The maximum Gasteiger partial charge on any atom is 0.252 e. The summed E-state index contributed by atoms with van der Waals surface area (Å²) in [6, 6.07) is 10.8. The molecule has 0 radical (unpaired) electrons. The third-order valence-corrected chi connectivity index (χ3v) is 8.34. The maximum absolute atomic E-state index is 13.7. The maximum atomic E-state index is 13.7. The number of piperazine rings is 1. The molecule has 3 heterocycles. The van der Waals surface area contributed by atoms with Gasteiger partial charge in [0.15, 0.2) is 11.5 Å². The van der Waals surface area contributed by atoms with Crippen LogP contribution in [-0.4, -0.2) is 77.2 Å². The van der Waals surface area contributed by atoms with Crippen molar-refractivity contribution in [3.63, 3.8) is 0 Å². The lowest BCUT2D eigenvalue weighted by molar-refractivity contribution is 0.0939. The Kier molecular flexibility index (Phi) is 8.56. The van der Waals surface area contributed by atoms with Crippen molar-refractivity contribution in [3.05, 3.63) is 59.4 Å². The Morgan fingerprint density at radius 2 is 1.88 bits per heavy atom. The first-order valence-corrected chi connectivity index (χ1v) is 14.6. The van der Waals surface area contributed by atoms with E-state index in [9.17, 15) is 9.90 Å². The molecule has 2 bridgehead atoms. The summed E-state index contributed by atoms with van der Waals surface area (Å²) in [6.07, 6.45) is 6.02. The number of hydrogen-bond acceptors (Lipinski definition) is 7. The lowest BCUT2D eigenvalue weighted by Gasteiger charge is -2.42. The molecule has 0 saturated carbocycles. The number of benzene rings is 2. The van der Waals surface area contributed by atoms with Gasteiger partial charge in [-0.05, 0) is 75.9 Å². The largest absolute Gasteiger partial charge is 0.493 e. The fourth-order valence-electron chi connectivity index (χ4n) is 6.25. The predicted octanol–water partition coefficient (Wildman–Crippen LogP) is 4.33. The van der Waals surface area contributed by atoms with Crippen LogP contribution in [-0.2, 0) is 7.05 Å². The molecule has 220 valence electrons. The molecule has 1 aromatic heterocycles. The molecule has 0 aliphatic carbocycles. The highest BCUT2D eigenvalue weighted by atomic mass is 16.5. The smallest absolute Gasteiger partial charge is 0.252 e. The zero-order valence-electron chi connectivity index (χ0n) is 25.1. The van der Waals surface area contributed by atoms with Gasteiger partial charge < -0.3 is 24.8 Å². The van der Waals surface area contributed by atoms with Crippen molar-refractivity contribution in [2.24, 2.45) is 7.05 Å². The SMILES string of the molecule is COc1cc([C@@H](C)NC(=O)c2cc(N3C[C@H]4CC[C@@H](C3)N4CCO)ccc2C)cc(-c2cnn(C)c2)c1OC(C)C. The molecule has 2 aromatic carbocycles. The van der Waals surface area contributed by atoms with E-state index in [0.29, 0.717) is 29.1 Å². The number of nitrogens with zero attached hydrogens (tertiary/aromatic N) is 4. The highest BCUT2D eigenvalue weighted by molar-refractivity contribution is 5.97. The summed E-state index contributed by atoms with van der Waals surface area (Å²) in [5.74, 6) is 1.17. The molecule has 3 aromatic rings. The van der Waals surface area contributed by atoms with E-state index < -0.39 is 0 Å². The molecule has 5 rings (SSSR count). The quantitative estimate of drug-likeness (QED) is 0.381. The van der Waals surface area contributed by atoms with Gasteiger partial charge in [0.2, 0.25) is 0 Å². The second-order valence-electron chi connectivity index (χ2n) is 11.6. The molecule has 2 fully saturated rings. The summed E-state index contributed by atoms with van der Waals surface area (Å²) in [6.45, 7) is 10.7. The van der Waals surface area contributed by atoms with Crippen molar-refractivity contribution in [2.45, 2.75) is 64.8 Å². The minimum atomic E-state index is -0.277. The van der Waals surface area contributed by atoms with E-state index in [1.165, 1.54) is 0 Å². The number of aliphatic hydroxyl groups is 1. The average molecular weight is 562 g/mol. The highest BCUT2D eigenvalue weighted by Gasteiger charge is 2.39. The number of anilines is 1.